The summed E-state index contributed by atoms with van der Waals surface area (Å²) >= 11 is 0. The third-order valence-corrected chi connectivity index (χ3v) is 4.41. The highest BCUT2D eigenvalue weighted by molar-refractivity contribution is 7.89. The zero-order valence-electron chi connectivity index (χ0n) is 10.5. The van der Waals surface area contributed by atoms with Crippen LogP contribution in [-0.2, 0) is 16.4 Å². The van der Waals surface area contributed by atoms with Gasteiger partial charge in [0.05, 0.1) is 4.90 Å². The van der Waals surface area contributed by atoms with Gasteiger partial charge in [-0.1, -0.05) is 25.1 Å². The largest absolute Gasteiger partial charge is 0.317 e. The molecule has 0 heterocycles. The molecule has 1 atom stereocenters. The van der Waals surface area contributed by atoms with E-state index in [1.165, 1.54) is 7.05 Å². The molecule has 0 aliphatic heterocycles. The fourth-order valence-electron chi connectivity index (χ4n) is 1.76. The Bertz CT molecular complexity index is 453. The molecule has 0 amide bonds. The maximum absolute atomic E-state index is 11.8. The molecule has 17 heavy (non-hydrogen) atoms. The second kappa shape index (κ2) is 6.14. The lowest BCUT2D eigenvalue weighted by Gasteiger charge is -2.16. The molecule has 0 aromatic heterocycles. The standard InChI is InChI=1S/C12H20N2O2S/c1-4-11(13-2)9-10-7-5-6-8-12(10)17(15,16)14-3/h5-8,11,13-14H,4,9H2,1-3H3. The van der Waals surface area contributed by atoms with Crippen LogP contribution in [0.5, 0.6) is 0 Å². The number of sulfonamides is 1. The van der Waals surface area contributed by atoms with Gasteiger partial charge in [0.25, 0.3) is 0 Å². The van der Waals surface area contributed by atoms with Crippen molar-refractivity contribution >= 4 is 10.0 Å². The van der Waals surface area contributed by atoms with Crippen LogP contribution in [0.25, 0.3) is 0 Å². The highest BCUT2D eigenvalue weighted by Crippen LogP contribution is 2.17. The van der Waals surface area contributed by atoms with Gasteiger partial charge in [-0.15, -0.1) is 0 Å². The molecule has 0 saturated carbocycles. The van der Waals surface area contributed by atoms with Crippen LogP contribution >= 0.6 is 0 Å². The van der Waals surface area contributed by atoms with E-state index in [0.717, 1.165) is 12.0 Å². The summed E-state index contributed by atoms with van der Waals surface area (Å²) in [5.41, 5.74) is 0.850. The summed E-state index contributed by atoms with van der Waals surface area (Å²) in [5, 5.41) is 3.18. The van der Waals surface area contributed by atoms with E-state index in [1.54, 1.807) is 12.1 Å². The summed E-state index contributed by atoms with van der Waals surface area (Å²) < 4.78 is 26.1. The number of hydrogen-bond acceptors (Lipinski definition) is 3. The van der Waals surface area contributed by atoms with Crippen molar-refractivity contribution in [3.8, 4) is 0 Å². The average Bonchev–Trinajstić information content (AvgIpc) is 2.36. The molecule has 5 heteroatoms. The van der Waals surface area contributed by atoms with Gasteiger partial charge >= 0.3 is 0 Å². The van der Waals surface area contributed by atoms with Crippen LogP contribution in [0.1, 0.15) is 18.9 Å². The molecule has 0 aliphatic rings. The van der Waals surface area contributed by atoms with Crippen molar-refractivity contribution in [3.63, 3.8) is 0 Å². The quantitative estimate of drug-likeness (QED) is 0.802. The summed E-state index contributed by atoms with van der Waals surface area (Å²) in [7, 11) is -0.0444. The van der Waals surface area contributed by atoms with Crippen LogP contribution in [0.2, 0.25) is 0 Å². The Hall–Kier alpha value is -0.910. The van der Waals surface area contributed by atoms with Crippen LogP contribution in [0, 0.1) is 0 Å². The summed E-state index contributed by atoms with van der Waals surface area (Å²) in [5.74, 6) is 0. The maximum Gasteiger partial charge on any atom is 0.240 e. The second-order valence-corrected chi connectivity index (χ2v) is 5.77. The van der Waals surface area contributed by atoms with Crippen molar-refractivity contribution in [2.45, 2.75) is 30.7 Å². The van der Waals surface area contributed by atoms with Gasteiger partial charge in [-0.25, -0.2) is 13.1 Å². The molecule has 1 rings (SSSR count). The minimum absolute atomic E-state index is 0.295. The molecule has 1 aromatic carbocycles. The van der Waals surface area contributed by atoms with E-state index >= 15 is 0 Å². The third-order valence-electron chi connectivity index (χ3n) is 2.90. The molecule has 1 unspecified atom stereocenters. The van der Waals surface area contributed by atoms with Crippen molar-refractivity contribution in [3.05, 3.63) is 29.8 Å². The molecular formula is C12H20N2O2S. The van der Waals surface area contributed by atoms with Crippen molar-refractivity contribution in [1.29, 1.82) is 0 Å². The molecule has 2 N–H and O–H groups in total. The maximum atomic E-state index is 11.8. The SMILES string of the molecule is CCC(Cc1ccccc1S(=O)(=O)NC)NC. The lowest BCUT2D eigenvalue weighted by atomic mass is 10.0. The Balaban J connectivity index is 3.09. The van der Waals surface area contributed by atoms with E-state index in [2.05, 4.69) is 17.0 Å². The third kappa shape index (κ3) is 3.52. The Morgan fingerprint density at radius 1 is 1.24 bits per heavy atom. The molecule has 0 spiro atoms. The van der Waals surface area contributed by atoms with Crippen molar-refractivity contribution < 1.29 is 8.42 Å². The van der Waals surface area contributed by atoms with Crippen molar-refractivity contribution in [1.82, 2.24) is 10.0 Å². The van der Waals surface area contributed by atoms with Crippen LogP contribution in [0.4, 0.5) is 0 Å². The molecule has 96 valence electrons. The fraction of sp³-hybridized carbons (Fsp3) is 0.500. The highest BCUT2D eigenvalue weighted by Gasteiger charge is 2.17. The Morgan fingerprint density at radius 3 is 2.41 bits per heavy atom. The van der Waals surface area contributed by atoms with Gasteiger partial charge in [-0.05, 0) is 38.6 Å². The average molecular weight is 256 g/mol. The van der Waals surface area contributed by atoms with Gasteiger partial charge < -0.3 is 5.32 Å². The van der Waals surface area contributed by atoms with Gasteiger partial charge in [0.2, 0.25) is 10.0 Å². The lowest BCUT2D eigenvalue weighted by Crippen LogP contribution is -2.28. The topological polar surface area (TPSA) is 58.2 Å². The molecule has 0 aliphatic carbocycles. The van der Waals surface area contributed by atoms with E-state index in [1.807, 2.05) is 19.2 Å². The summed E-state index contributed by atoms with van der Waals surface area (Å²) in [6.07, 6.45) is 1.68. The predicted octanol–water partition coefficient (Wildman–Crippen LogP) is 1.14. The zero-order chi connectivity index (χ0) is 12.9. The van der Waals surface area contributed by atoms with Gasteiger partial charge in [0.15, 0.2) is 0 Å². The van der Waals surface area contributed by atoms with Gasteiger partial charge in [-0.3, -0.25) is 0 Å². The normalized spacial score (nSPS) is 13.6. The first-order valence-electron chi connectivity index (χ1n) is 5.73. The molecule has 0 bridgehead atoms. The van der Waals surface area contributed by atoms with Gasteiger partial charge in [-0.2, -0.15) is 0 Å². The first-order chi connectivity index (χ1) is 8.05. The Labute approximate surface area is 103 Å². The first kappa shape index (κ1) is 14.2. The zero-order valence-corrected chi connectivity index (χ0v) is 11.3. The number of rotatable bonds is 6. The van der Waals surface area contributed by atoms with Gasteiger partial charge in [0.1, 0.15) is 0 Å². The smallest absolute Gasteiger partial charge is 0.240 e. The molecule has 4 nitrogen and oxygen atoms in total. The molecule has 1 aromatic rings. The van der Waals surface area contributed by atoms with Crippen molar-refractivity contribution in [2.75, 3.05) is 14.1 Å². The molecule has 0 fully saturated rings. The van der Waals surface area contributed by atoms with E-state index < -0.39 is 10.0 Å². The Morgan fingerprint density at radius 2 is 1.88 bits per heavy atom. The Kier molecular flexibility index (Phi) is 5.11. The predicted molar refractivity (Wildman–Crippen MR) is 69.5 cm³/mol. The fourth-order valence-corrected chi connectivity index (χ4v) is 2.73. The van der Waals surface area contributed by atoms with Crippen LogP contribution in [-0.4, -0.2) is 28.6 Å². The van der Waals surface area contributed by atoms with Crippen LogP contribution in [0.15, 0.2) is 29.2 Å². The number of nitrogens with one attached hydrogen (secondary N) is 2. The monoisotopic (exact) mass is 256 g/mol. The van der Waals surface area contributed by atoms with E-state index in [0.29, 0.717) is 17.4 Å². The summed E-state index contributed by atoms with van der Waals surface area (Å²) in [6, 6.07) is 7.41. The van der Waals surface area contributed by atoms with Crippen LogP contribution in [0.3, 0.4) is 0 Å². The number of benzene rings is 1. The minimum Gasteiger partial charge on any atom is -0.317 e. The highest BCUT2D eigenvalue weighted by atomic mass is 32.2. The van der Waals surface area contributed by atoms with Gasteiger partial charge in [0, 0.05) is 6.04 Å². The molecule has 0 radical (unpaired) electrons. The van der Waals surface area contributed by atoms with E-state index in [4.69, 9.17) is 0 Å². The first-order valence-corrected chi connectivity index (χ1v) is 7.22. The lowest BCUT2D eigenvalue weighted by molar-refractivity contribution is 0.537. The summed E-state index contributed by atoms with van der Waals surface area (Å²) in [4.78, 5) is 0.371. The van der Waals surface area contributed by atoms with E-state index in [-0.39, 0.29) is 0 Å². The van der Waals surface area contributed by atoms with Crippen molar-refractivity contribution in [2.24, 2.45) is 0 Å². The second-order valence-electron chi connectivity index (χ2n) is 3.91. The number of likely N-dealkylation sites (N-methyl/N-ethyl adjacent to an activating group) is 1. The molecular weight excluding hydrogens is 236 g/mol. The van der Waals surface area contributed by atoms with E-state index in [9.17, 15) is 8.42 Å². The number of hydrogen-bond donors (Lipinski definition) is 2. The minimum atomic E-state index is -3.37. The summed E-state index contributed by atoms with van der Waals surface area (Å²) in [6.45, 7) is 2.08. The molecule has 0 saturated heterocycles. The van der Waals surface area contributed by atoms with Crippen LogP contribution < -0.4 is 10.0 Å².